The lowest BCUT2D eigenvalue weighted by Crippen LogP contribution is -2.54. The van der Waals surface area contributed by atoms with E-state index < -0.39 is 17.5 Å². The predicted octanol–water partition coefficient (Wildman–Crippen LogP) is -0.403. The summed E-state index contributed by atoms with van der Waals surface area (Å²) in [6.07, 6.45) is 0. The van der Waals surface area contributed by atoms with E-state index >= 15 is 0 Å². The summed E-state index contributed by atoms with van der Waals surface area (Å²) in [6, 6.07) is 6.10. The van der Waals surface area contributed by atoms with Gasteiger partial charge >= 0.3 is 6.03 Å². The maximum Gasteiger partial charge on any atom is 0.323 e. The number of carbonyl (C=O) groups is 3. The molecule has 0 radical (unpaired) electrons. The molecular formula is C19H18N6O4. The summed E-state index contributed by atoms with van der Waals surface area (Å²) < 4.78 is 6.62. The minimum atomic E-state index is -1.59. The summed E-state index contributed by atoms with van der Waals surface area (Å²) in [5.41, 5.74) is 5.81. The number of aryl methyl sites for hydroxylation is 1. The largest absolute Gasteiger partial charge is 0.497 e. The van der Waals surface area contributed by atoms with Crippen LogP contribution in [-0.2, 0) is 18.4 Å². The van der Waals surface area contributed by atoms with Crippen LogP contribution < -0.4 is 21.1 Å². The monoisotopic (exact) mass is 394 g/mol. The number of imide groups is 1. The maximum atomic E-state index is 12.9. The summed E-state index contributed by atoms with van der Waals surface area (Å²) in [7, 11) is 3.18. The zero-order chi connectivity index (χ0) is 20.8. The number of fused-ring (bicyclic) bond motifs is 1. The van der Waals surface area contributed by atoms with Gasteiger partial charge < -0.3 is 20.7 Å². The van der Waals surface area contributed by atoms with Crippen LogP contribution in [0.5, 0.6) is 5.75 Å². The Labute approximate surface area is 166 Å². The van der Waals surface area contributed by atoms with Gasteiger partial charge in [-0.25, -0.2) is 4.79 Å². The molecule has 2 aliphatic heterocycles. The van der Waals surface area contributed by atoms with Gasteiger partial charge in [-0.2, -0.15) is 5.10 Å². The van der Waals surface area contributed by atoms with Gasteiger partial charge in [-0.15, -0.1) is 0 Å². The minimum Gasteiger partial charge on any atom is -0.497 e. The first-order valence-electron chi connectivity index (χ1n) is 8.74. The average molecular weight is 394 g/mol. The highest BCUT2D eigenvalue weighted by Crippen LogP contribution is 2.28. The third kappa shape index (κ3) is 3.12. The number of rotatable bonds is 3. The first-order valence-corrected chi connectivity index (χ1v) is 8.74. The molecule has 2 aromatic rings. The van der Waals surface area contributed by atoms with Crippen molar-refractivity contribution in [2.45, 2.75) is 12.1 Å². The number of urea groups is 1. The van der Waals surface area contributed by atoms with Crippen molar-refractivity contribution >= 4 is 23.7 Å². The van der Waals surface area contributed by atoms with E-state index in [4.69, 9.17) is 10.5 Å². The van der Waals surface area contributed by atoms with Gasteiger partial charge in [-0.05, 0) is 23.6 Å². The minimum absolute atomic E-state index is 0.115. The lowest BCUT2D eigenvalue weighted by Gasteiger charge is -2.26. The second kappa shape index (κ2) is 6.56. The zero-order valence-corrected chi connectivity index (χ0v) is 15.8. The van der Waals surface area contributed by atoms with Crippen LogP contribution in [0.1, 0.15) is 21.6 Å². The van der Waals surface area contributed by atoms with Crippen molar-refractivity contribution in [2.24, 2.45) is 7.05 Å². The molecule has 4 rings (SSSR count). The standard InChI is InChI=1S/C19H18N6O4/c1-24-15(20)7-12(23-24)5-6-19(17(27)21-18(28)22-19)10-25-9-11-3-4-13(29-2)8-14(11)16(25)26/h3-4,7-8H,9-10,20H2,1-2H3,(H2,21,22,27,28)/t19-/m1/s1. The number of hydrogen-bond donors (Lipinski definition) is 3. The van der Waals surface area contributed by atoms with Crippen LogP contribution in [0.4, 0.5) is 10.6 Å². The number of hydrogen-bond acceptors (Lipinski definition) is 6. The highest BCUT2D eigenvalue weighted by atomic mass is 16.5. The number of ether oxygens (including phenoxy) is 1. The Bertz CT molecular complexity index is 1090. The average Bonchev–Trinajstić information content (AvgIpc) is 3.27. The molecule has 4 amide bonds. The van der Waals surface area contributed by atoms with Gasteiger partial charge in [-0.1, -0.05) is 12.0 Å². The number of amides is 4. The third-order valence-electron chi connectivity index (χ3n) is 4.89. The van der Waals surface area contributed by atoms with Gasteiger partial charge in [-0.3, -0.25) is 19.6 Å². The molecule has 3 heterocycles. The molecule has 0 spiro atoms. The number of aromatic nitrogens is 2. The Morgan fingerprint density at radius 2 is 2.10 bits per heavy atom. The number of benzene rings is 1. The molecule has 10 nitrogen and oxygen atoms in total. The first-order chi connectivity index (χ1) is 13.8. The lowest BCUT2D eigenvalue weighted by atomic mass is 9.99. The fourth-order valence-electron chi connectivity index (χ4n) is 3.33. The van der Waals surface area contributed by atoms with Crippen molar-refractivity contribution in [3.05, 3.63) is 41.1 Å². The van der Waals surface area contributed by atoms with Gasteiger partial charge in [0, 0.05) is 25.2 Å². The molecule has 1 aromatic heterocycles. The van der Waals surface area contributed by atoms with Crippen LogP contribution in [0.15, 0.2) is 24.3 Å². The van der Waals surface area contributed by atoms with Gasteiger partial charge in [0.15, 0.2) is 0 Å². The third-order valence-corrected chi connectivity index (χ3v) is 4.89. The van der Waals surface area contributed by atoms with Gasteiger partial charge in [0.05, 0.1) is 13.7 Å². The van der Waals surface area contributed by atoms with Crippen molar-refractivity contribution in [1.29, 1.82) is 0 Å². The van der Waals surface area contributed by atoms with Crippen molar-refractivity contribution in [1.82, 2.24) is 25.3 Å². The second-order valence-corrected chi connectivity index (χ2v) is 6.83. The number of nitrogens with zero attached hydrogens (tertiary/aromatic N) is 3. The Morgan fingerprint density at radius 3 is 2.72 bits per heavy atom. The predicted molar refractivity (Wildman–Crippen MR) is 102 cm³/mol. The molecule has 10 heteroatoms. The Balaban J connectivity index is 1.65. The van der Waals surface area contributed by atoms with E-state index in [1.54, 1.807) is 31.3 Å². The number of nitrogens with one attached hydrogen (secondary N) is 2. The number of methoxy groups -OCH3 is 1. The summed E-state index contributed by atoms with van der Waals surface area (Å²) in [4.78, 5) is 38.7. The number of nitrogens with two attached hydrogens (primary N) is 1. The molecule has 0 saturated carbocycles. The quantitative estimate of drug-likeness (QED) is 0.479. The van der Waals surface area contributed by atoms with Crippen LogP contribution in [0, 0.1) is 11.8 Å². The van der Waals surface area contributed by atoms with E-state index in [0.717, 1.165) is 5.56 Å². The number of anilines is 1. The molecule has 1 saturated heterocycles. The molecule has 1 fully saturated rings. The highest BCUT2D eigenvalue weighted by molar-refractivity contribution is 6.10. The van der Waals surface area contributed by atoms with Crippen LogP contribution in [-0.4, -0.2) is 51.7 Å². The molecule has 4 N–H and O–H groups in total. The Hall–Kier alpha value is -4.00. The maximum absolute atomic E-state index is 12.9. The highest BCUT2D eigenvalue weighted by Gasteiger charge is 2.48. The number of carbonyl (C=O) groups excluding carboxylic acids is 3. The van der Waals surface area contributed by atoms with Crippen LogP contribution in [0.25, 0.3) is 0 Å². The molecule has 0 bridgehead atoms. The SMILES string of the molecule is COc1ccc2c(c1)C(=O)N(C[C@@]1(C#Cc3cc(N)n(C)n3)NC(=O)NC1=O)C2. The van der Waals surface area contributed by atoms with E-state index in [1.807, 2.05) is 0 Å². The Kier molecular flexibility index (Phi) is 4.15. The molecule has 1 atom stereocenters. The Morgan fingerprint density at radius 1 is 1.31 bits per heavy atom. The number of nitrogen functional groups attached to an aromatic ring is 1. The van der Waals surface area contributed by atoms with Gasteiger partial charge in [0.2, 0.25) is 5.54 Å². The van der Waals surface area contributed by atoms with Crippen molar-refractivity contribution in [3.63, 3.8) is 0 Å². The van der Waals surface area contributed by atoms with Crippen LogP contribution in [0.2, 0.25) is 0 Å². The molecule has 0 aliphatic carbocycles. The van der Waals surface area contributed by atoms with Crippen molar-refractivity contribution < 1.29 is 19.1 Å². The summed E-state index contributed by atoms with van der Waals surface area (Å²) in [6.45, 7) is 0.178. The topological polar surface area (TPSA) is 132 Å². The zero-order valence-electron chi connectivity index (χ0n) is 15.8. The van der Waals surface area contributed by atoms with Gasteiger partial charge in [0.25, 0.3) is 11.8 Å². The smallest absolute Gasteiger partial charge is 0.323 e. The van der Waals surface area contributed by atoms with Crippen molar-refractivity contribution in [2.75, 3.05) is 19.4 Å². The second-order valence-electron chi connectivity index (χ2n) is 6.83. The van der Waals surface area contributed by atoms with Crippen LogP contribution in [0.3, 0.4) is 0 Å². The van der Waals surface area contributed by atoms with Gasteiger partial charge in [0.1, 0.15) is 17.3 Å². The molecule has 2 aliphatic rings. The summed E-state index contributed by atoms with van der Waals surface area (Å²) >= 11 is 0. The van der Waals surface area contributed by atoms with E-state index in [0.29, 0.717) is 29.4 Å². The van der Waals surface area contributed by atoms with E-state index in [9.17, 15) is 14.4 Å². The normalized spacial score (nSPS) is 20.1. The molecule has 29 heavy (non-hydrogen) atoms. The first kappa shape index (κ1) is 18.4. The molecular weight excluding hydrogens is 376 g/mol. The van der Waals surface area contributed by atoms with E-state index in [-0.39, 0.29) is 12.5 Å². The van der Waals surface area contributed by atoms with E-state index in [1.165, 1.54) is 16.7 Å². The summed E-state index contributed by atoms with van der Waals surface area (Å²) in [5, 5.41) is 8.86. The molecule has 148 valence electrons. The lowest BCUT2D eigenvalue weighted by molar-refractivity contribution is -0.122. The van der Waals surface area contributed by atoms with E-state index in [2.05, 4.69) is 27.6 Å². The van der Waals surface area contributed by atoms with Crippen molar-refractivity contribution in [3.8, 4) is 17.6 Å². The fraction of sp³-hybridized carbons (Fsp3) is 0.263. The van der Waals surface area contributed by atoms with Crippen LogP contribution >= 0.6 is 0 Å². The molecule has 0 unspecified atom stereocenters. The fourth-order valence-corrected chi connectivity index (χ4v) is 3.33. The summed E-state index contributed by atoms with van der Waals surface area (Å²) in [5.74, 6) is 5.63. The molecule has 1 aromatic carbocycles.